The van der Waals surface area contributed by atoms with Crippen LogP contribution in [0.2, 0.25) is 0 Å². The second-order valence-corrected chi connectivity index (χ2v) is 7.60. The number of rotatable bonds is 8. The molecule has 3 aromatic rings. The van der Waals surface area contributed by atoms with E-state index in [2.05, 4.69) is 31.9 Å². The van der Waals surface area contributed by atoms with Gasteiger partial charge in [0.15, 0.2) is 0 Å². The Bertz CT molecular complexity index is 1070. The lowest BCUT2D eigenvalue weighted by Crippen LogP contribution is -2.35. The largest absolute Gasteiger partial charge is 0.354 e. The van der Waals surface area contributed by atoms with Crippen molar-refractivity contribution in [1.82, 2.24) is 10.6 Å². The van der Waals surface area contributed by atoms with E-state index in [9.17, 15) is 14.4 Å². The molecule has 0 aliphatic rings. The topological polar surface area (TPSA) is 87.3 Å². The molecule has 7 heteroatoms. The standard InChI is InChI=1S/C24H22BrN3O3/c25-20-12-6-4-10-18(20)24(31)28-21-13-7-5-11-19(21)23(30)27-15-14-26-22(29)16-17-8-2-1-3-9-17/h1-13H,14-16H2,(H,26,29)(H,27,30)(H,28,31). The highest BCUT2D eigenvalue weighted by Gasteiger charge is 2.15. The van der Waals surface area contributed by atoms with E-state index in [-0.39, 0.29) is 24.3 Å². The molecular formula is C24H22BrN3O3. The molecule has 0 saturated heterocycles. The predicted octanol–water partition coefficient (Wildman–Crippen LogP) is 3.79. The monoisotopic (exact) mass is 479 g/mol. The molecule has 0 heterocycles. The van der Waals surface area contributed by atoms with Crippen LogP contribution in [0.1, 0.15) is 26.3 Å². The normalized spacial score (nSPS) is 10.2. The summed E-state index contributed by atoms with van der Waals surface area (Å²) in [7, 11) is 0. The third-order valence-corrected chi connectivity index (χ3v) is 5.17. The molecule has 31 heavy (non-hydrogen) atoms. The van der Waals surface area contributed by atoms with Crippen LogP contribution in [0.5, 0.6) is 0 Å². The summed E-state index contributed by atoms with van der Waals surface area (Å²) in [5, 5.41) is 8.34. The van der Waals surface area contributed by atoms with Crippen LogP contribution < -0.4 is 16.0 Å². The van der Waals surface area contributed by atoms with Crippen LogP contribution >= 0.6 is 15.9 Å². The summed E-state index contributed by atoms with van der Waals surface area (Å²) in [4.78, 5) is 37.2. The fourth-order valence-corrected chi connectivity index (χ4v) is 3.41. The smallest absolute Gasteiger partial charge is 0.256 e. The van der Waals surface area contributed by atoms with Crippen molar-refractivity contribution >= 4 is 39.3 Å². The Hall–Kier alpha value is -3.45. The van der Waals surface area contributed by atoms with Crippen LogP contribution in [0, 0.1) is 0 Å². The highest BCUT2D eigenvalue weighted by molar-refractivity contribution is 9.10. The van der Waals surface area contributed by atoms with Crippen LogP contribution in [0.25, 0.3) is 0 Å². The molecule has 3 rings (SSSR count). The summed E-state index contributed by atoms with van der Waals surface area (Å²) >= 11 is 3.36. The van der Waals surface area contributed by atoms with Crippen LogP contribution in [0.15, 0.2) is 83.3 Å². The number of amides is 3. The summed E-state index contributed by atoms with van der Waals surface area (Å²) < 4.78 is 0.667. The number of anilines is 1. The maximum atomic E-state index is 12.6. The van der Waals surface area contributed by atoms with Crippen LogP contribution in [0.4, 0.5) is 5.69 Å². The molecular weight excluding hydrogens is 458 g/mol. The zero-order valence-corrected chi connectivity index (χ0v) is 18.3. The summed E-state index contributed by atoms with van der Waals surface area (Å²) in [6, 6.07) is 23.3. The minimum absolute atomic E-state index is 0.110. The van der Waals surface area contributed by atoms with Crippen LogP contribution in [0.3, 0.4) is 0 Å². The Morgan fingerprint density at radius 2 is 1.29 bits per heavy atom. The first kappa shape index (κ1) is 22.2. The molecule has 0 radical (unpaired) electrons. The summed E-state index contributed by atoms with van der Waals surface area (Å²) in [6.45, 7) is 0.578. The average Bonchev–Trinajstić information content (AvgIpc) is 2.78. The predicted molar refractivity (Wildman–Crippen MR) is 124 cm³/mol. The highest BCUT2D eigenvalue weighted by Crippen LogP contribution is 2.20. The molecule has 0 saturated carbocycles. The molecule has 0 bridgehead atoms. The van der Waals surface area contributed by atoms with E-state index in [4.69, 9.17) is 0 Å². The zero-order chi connectivity index (χ0) is 22.1. The van der Waals surface area contributed by atoms with E-state index in [1.807, 2.05) is 36.4 Å². The number of carbonyl (C=O) groups is 3. The van der Waals surface area contributed by atoms with Crippen molar-refractivity contribution in [1.29, 1.82) is 0 Å². The number of benzene rings is 3. The number of carbonyl (C=O) groups excluding carboxylic acids is 3. The lowest BCUT2D eigenvalue weighted by Gasteiger charge is -2.12. The maximum absolute atomic E-state index is 12.6. The molecule has 0 unspecified atom stereocenters. The molecule has 0 spiro atoms. The van der Waals surface area contributed by atoms with Crippen molar-refractivity contribution < 1.29 is 14.4 Å². The molecule has 3 aromatic carbocycles. The van der Waals surface area contributed by atoms with Gasteiger partial charge in [-0.05, 0) is 45.8 Å². The molecule has 0 atom stereocenters. The third-order valence-electron chi connectivity index (χ3n) is 4.48. The van der Waals surface area contributed by atoms with Gasteiger partial charge in [-0.15, -0.1) is 0 Å². The van der Waals surface area contributed by atoms with E-state index in [1.54, 1.807) is 42.5 Å². The second kappa shape index (κ2) is 11.1. The Labute approximate surface area is 189 Å². The van der Waals surface area contributed by atoms with Gasteiger partial charge in [0.05, 0.1) is 23.2 Å². The lowest BCUT2D eigenvalue weighted by molar-refractivity contribution is -0.120. The fraction of sp³-hybridized carbons (Fsp3) is 0.125. The quantitative estimate of drug-likeness (QED) is 0.429. The highest BCUT2D eigenvalue weighted by atomic mass is 79.9. The van der Waals surface area contributed by atoms with E-state index in [1.165, 1.54) is 0 Å². The third kappa shape index (κ3) is 6.52. The summed E-state index contributed by atoms with van der Waals surface area (Å²) in [5.74, 6) is -0.761. The first-order valence-electron chi connectivity index (χ1n) is 9.78. The van der Waals surface area contributed by atoms with Gasteiger partial charge in [0.2, 0.25) is 5.91 Å². The van der Waals surface area contributed by atoms with Gasteiger partial charge in [-0.2, -0.15) is 0 Å². The number of hydrogen-bond donors (Lipinski definition) is 3. The van der Waals surface area contributed by atoms with Gasteiger partial charge in [-0.25, -0.2) is 0 Å². The average molecular weight is 480 g/mol. The maximum Gasteiger partial charge on any atom is 0.256 e. The van der Waals surface area contributed by atoms with Crippen LogP contribution in [-0.4, -0.2) is 30.8 Å². The van der Waals surface area contributed by atoms with Crippen molar-refractivity contribution in [3.05, 3.63) is 100 Å². The summed E-state index contributed by atoms with van der Waals surface area (Å²) in [5.41, 5.74) is 2.16. The van der Waals surface area contributed by atoms with E-state index < -0.39 is 0 Å². The van der Waals surface area contributed by atoms with Crippen molar-refractivity contribution in [2.75, 3.05) is 18.4 Å². The molecule has 0 aliphatic heterocycles. The Kier molecular flexibility index (Phi) is 7.95. The van der Waals surface area contributed by atoms with E-state index in [0.29, 0.717) is 34.3 Å². The lowest BCUT2D eigenvalue weighted by atomic mass is 10.1. The molecule has 0 aliphatic carbocycles. The van der Waals surface area contributed by atoms with Gasteiger partial charge in [0.1, 0.15) is 0 Å². The number of halogens is 1. The van der Waals surface area contributed by atoms with Gasteiger partial charge in [-0.3, -0.25) is 14.4 Å². The van der Waals surface area contributed by atoms with Crippen molar-refractivity contribution in [3.8, 4) is 0 Å². The van der Waals surface area contributed by atoms with Crippen molar-refractivity contribution in [3.63, 3.8) is 0 Å². The van der Waals surface area contributed by atoms with Gasteiger partial charge in [-0.1, -0.05) is 54.6 Å². The van der Waals surface area contributed by atoms with Crippen LogP contribution in [-0.2, 0) is 11.2 Å². The SMILES string of the molecule is O=C(Cc1ccccc1)NCCNC(=O)c1ccccc1NC(=O)c1ccccc1Br. The Balaban J connectivity index is 1.52. The molecule has 0 aromatic heterocycles. The Morgan fingerprint density at radius 1 is 0.677 bits per heavy atom. The van der Waals surface area contributed by atoms with Crippen molar-refractivity contribution in [2.45, 2.75) is 6.42 Å². The first-order valence-corrected chi connectivity index (χ1v) is 10.6. The molecule has 158 valence electrons. The number of hydrogen-bond acceptors (Lipinski definition) is 3. The van der Waals surface area contributed by atoms with Gasteiger partial charge in [0.25, 0.3) is 11.8 Å². The first-order chi connectivity index (χ1) is 15.0. The fourth-order valence-electron chi connectivity index (χ4n) is 2.94. The molecule has 3 amide bonds. The second-order valence-electron chi connectivity index (χ2n) is 6.75. The van der Waals surface area contributed by atoms with Crippen molar-refractivity contribution in [2.24, 2.45) is 0 Å². The van der Waals surface area contributed by atoms with Gasteiger partial charge < -0.3 is 16.0 Å². The number of nitrogens with one attached hydrogen (secondary N) is 3. The van der Waals surface area contributed by atoms with E-state index >= 15 is 0 Å². The Morgan fingerprint density at radius 3 is 2.03 bits per heavy atom. The van der Waals surface area contributed by atoms with Gasteiger partial charge >= 0.3 is 0 Å². The zero-order valence-electron chi connectivity index (χ0n) is 16.7. The minimum Gasteiger partial charge on any atom is -0.354 e. The number of para-hydroxylation sites is 1. The molecule has 6 nitrogen and oxygen atoms in total. The van der Waals surface area contributed by atoms with E-state index in [0.717, 1.165) is 5.56 Å². The molecule has 3 N–H and O–H groups in total. The molecule has 0 fully saturated rings. The van der Waals surface area contributed by atoms with Gasteiger partial charge in [0, 0.05) is 17.6 Å². The minimum atomic E-state index is -0.333. The summed E-state index contributed by atoms with van der Waals surface area (Å²) in [6.07, 6.45) is 0.290.